The number of benzene rings is 1. The van der Waals surface area contributed by atoms with Crippen molar-refractivity contribution in [3.63, 3.8) is 0 Å². The zero-order valence-corrected chi connectivity index (χ0v) is 22.7. The van der Waals surface area contributed by atoms with Crippen LogP contribution in [0.1, 0.15) is 44.2 Å². The Balaban J connectivity index is 1.47. The van der Waals surface area contributed by atoms with E-state index in [2.05, 4.69) is 28.2 Å². The standard InChI is InChI=1S/C28H38F2N6O3/c1-20-4-3-5-22(6-7-23(20)18-39-21(2)37)8-9-34-10-12-35(13-11-34)28(38)16-24-14-27(30)25(15-26(24)29)17-36(32)19-33-31/h4-5,7,14-15,19H,3,6,8-13,16-18,31-32H2,1-2H3/b20-4-,22-5+,23-7?,33-19-. The minimum absolute atomic E-state index is 0.0152. The van der Waals surface area contributed by atoms with Gasteiger partial charge in [0.25, 0.3) is 0 Å². The summed E-state index contributed by atoms with van der Waals surface area (Å²) in [4.78, 5) is 28.0. The molecule has 1 fully saturated rings. The third-order valence-electron chi connectivity index (χ3n) is 6.98. The van der Waals surface area contributed by atoms with Crippen LogP contribution in [0, 0.1) is 11.6 Å². The Morgan fingerprint density at radius 3 is 2.49 bits per heavy atom. The largest absolute Gasteiger partial charge is 0.461 e. The number of nitrogens with two attached hydrogens (primary N) is 2. The summed E-state index contributed by atoms with van der Waals surface area (Å²) in [5.74, 6) is 8.79. The second-order valence-corrected chi connectivity index (χ2v) is 9.82. The maximum absolute atomic E-state index is 14.6. The van der Waals surface area contributed by atoms with Crippen molar-refractivity contribution in [3.05, 3.63) is 69.8 Å². The lowest BCUT2D eigenvalue weighted by Crippen LogP contribution is -2.49. The molecule has 1 aromatic carbocycles. The van der Waals surface area contributed by atoms with Crippen molar-refractivity contribution in [3.8, 4) is 0 Å². The van der Waals surface area contributed by atoms with Gasteiger partial charge in [-0.2, -0.15) is 5.10 Å². The van der Waals surface area contributed by atoms with Crippen LogP contribution in [0.4, 0.5) is 8.78 Å². The smallest absolute Gasteiger partial charge is 0.302 e. The predicted octanol–water partition coefficient (Wildman–Crippen LogP) is 2.78. The van der Waals surface area contributed by atoms with Crippen molar-refractivity contribution in [2.75, 3.05) is 39.3 Å². The summed E-state index contributed by atoms with van der Waals surface area (Å²) in [5.41, 5.74) is 3.55. The number of rotatable bonds is 10. The van der Waals surface area contributed by atoms with Gasteiger partial charge in [-0.25, -0.2) is 14.6 Å². The van der Waals surface area contributed by atoms with Gasteiger partial charge in [0.15, 0.2) is 0 Å². The topological polar surface area (TPSA) is 117 Å². The zero-order chi connectivity index (χ0) is 28.4. The molecule has 212 valence electrons. The van der Waals surface area contributed by atoms with E-state index >= 15 is 0 Å². The molecule has 1 aliphatic carbocycles. The molecular weight excluding hydrogens is 506 g/mol. The maximum Gasteiger partial charge on any atom is 0.302 e. The summed E-state index contributed by atoms with van der Waals surface area (Å²) in [6, 6.07) is 2.10. The molecule has 0 saturated carbocycles. The summed E-state index contributed by atoms with van der Waals surface area (Å²) in [6.45, 7) is 7.00. The van der Waals surface area contributed by atoms with Crippen molar-refractivity contribution in [2.45, 2.75) is 46.1 Å². The number of allylic oxidation sites excluding steroid dienone is 3. The summed E-state index contributed by atoms with van der Waals surface area (Å²) in [6.07, 6.45) is 9.97. The van der Waals surface area contributed by atoms with Crippen molar-refractivity contribution in [2.24, 2.45) is 16.8 Å². The number of piperazine rings is 1. The number of nitrogens with zero attached hydrogens (tertiary/aromatic N) is 4. The number of hydrogen-bond acceptors (Lipinski definition) is 7. The summed E-state index contributed by atoms with van der Waals surface area (Å²) in [5, 5.41) is 4.28. The first kappa shape index (κ1) is 30.0. The minimum Gasteiger partial charge on any atom is -0.461 e. The molecular formula is C28H38F2N6O3. The number of carbonyl (C=O) groups is 2. The number of amides is 1. The van der Waals surface area contributed by atoms with Crippen LogP contribution in [0.3, 0.4) is 0 Å². The van der Waals surface area contributed by atoms with Gasteiger partial charge < -0.3 is 15.5 Å². The van der Waals surface area contributed by atoms with Gasteiger partial charge in [0.05, 0.1) is 13.0 Å². The number of ether oxygens (including phenoxy) is 1. The fourth-order valence-electron chi connectivity index (χ4n) is 4.59. The molecule has 0 spiro atoms. The van der Waals surface area contributed by atoms with E-state index in [1.807, 2.05) is 6.92 Å². The van der Waals surface area contributed by atoms with Gasteiger partial charge in [-0.1, -0.05) is 23.8 Å². The van der Waals surface area contributed by atoms with Crippen molar-refractivity contribution in [1.29, 1.82) is 0 Å². The molecule has 1 heterocycles. The van der Waals surface area contributed by atoms with Crippen molar-refractivity contribution < 1.29 is 23.1 Å². The van der Waals surface area contributed by atoms with Crippen LogP contribution in [0.15, 0.2) is 52.2 Å². The summed E-state index contributed by atoms with van der Waals surface area (Å²) >= 11 is 0. The van der Waals surface area contributed by atoms with E-state index in [1.54, 1.807) is 4.90 Å². The molecule has 1 aliphatic heterocycles. The highest BCUT2D eigenvalue weighted by Crippen LogP contribution is 2.21. The SMILES string of the molecule is CC(=O)OCC1=CC/C(CCN2CCN(C(=O)Cc3cc(F)c(CN(N)/C=N\N)cc3F)CC2)=C\C/C=C\1C. The molecule has 0 bridgehead atoms. The Bertz CT molecular complexity index is 1160. The Hall–Kier alpha value is -3.57. The van der Waals surface area contributed by atoms with Gasteiger partial charge in [-0.3, -0.25) is 19.5 Å². The van der Waals surface area contributed by atoms with E-state index in [0.29, 0.717) is 13.1 Å². The van der Waals surface area contributed by atoms with Crippen LogP contribution in [-0.4, -0.2) is 72.4 Å². The lowest BCUT2D eigenvalue weighted by Gasteiger charge is -2.35. The molecule has 0 atom stereocenters. The quantitative estimate of drug-likeness (QED) is 0.116. The zero-order valence-electron chi connectivity index (χ0n) is 22.7. The fraction of sp³-hybridized carbons (Fsp3) is 0.464. The van der Waals surface area contributed by atoms with E-state index in [0.717, 1.165) is 73.5 Å². The van der Waals surface area contributed by atoms with E-state index in [1.165, 1.54) is 12.5 Å². The van der Waals surface area contributed by atoms with Crippen LogP contribution < -0.4 is 11.7 Å². The van der Waals surface area contributed by atoms with Gasteiger partial charge in [-0.15, -0.1) is 0 Å². The highest BCUT2D eigenvalue weighted by Gasteiger charge is 2.23. The first-order chi connectivity index (χ1) is 18.7. The Kier molecular flexibility index (Phi) is 11.2. The lowest BCUT2D eigenvalue weighted by atomic mass is 9.98. The second-order valence-electron chi connectivity index (χ2n) is 9.82. The first-order valence-electron chi connectivity index (χ1n) is 13.0. The normalized spacial score (nSPS) is 19.4. The van der Waals surface area contributed by atoms with Crippen molar-refractivity contribution in [1.82, 2.24) is 14.8 Å². The number of hydrazine groups is 1. The third-order valence-corrected chi connectivity index (χ3v) is 6.98. The van der Waals surface area contributed by atoms with Crippen LogP contribution in [0.5, 0.6) is 0 Å². The first-order valence-corrected chi connectivity index (χ1v) is 13.0. The second kappa shape index (κ2) is 14.5. The molecule has 11 heteroatoms. The molecule has 4 N–H and O–H groups in total. The molecule has 0 radical (unpaired) electrons. The Labute approximate surface area is 228 Å². The molecule has 1 saturated heterocycles. The van der Waals surface area contributed by atoms with Gasteiger partial charge in [-0.05, 0) is 49.5 Å². The number of hydrazone groups is 1. The van der Waals surface area contributed by atoms with Gasteiger partial charge in [0.1, 0.15) is 24.6 Å². The fourth-order valence-corrected chi connectivity index (χ4v) is 4.59. The minimum atomic E-state index is -0.654. The molecule has 39 heavy (non-hydrogen) atoms. The number of carbonyl (C=O) groups excluding carboxylic acids is 2. The molecule has 0 unspecified atom stereocenters. The number of halogens is 2. The van der Waals surface area contributed by atoms with E-state index in [-0.39, 0.29) is 42.6 Å². The van der Waals surface area contributed by atoms with Crippen LogP contribution >= 0.6 is 0 Å². The molecule has 3 rings (SSSR count). The Morgan fingerprint density at radius 2 is 1.79 bits per heavy atom. The van der Waals surface area contributed by atoms with Crippen LogP contribution in [0.25, 0.3) is 0 Å². The highest BCUT2D eigenvalue weighted by atomic mass is 19.1. The van der Waals surface area contributed by atoms with Crippen molar-refractivity contribution >= 4 is 18.2 Å². The molecule has 2 aliphatic rings. The van der Waals surface area contributed by atoms with E-state index < -0.39 is 11.6 Å². The van der Waals surface area contributed by atoms with E-state index in [9.17, 15) is 18.4 Å². The number of esters is 1. The Morgan fingerprint density at radius 1 is 1.10 bits per heavy atom. The molecule has 9 nitrogen and oxygen atoms in total. The van der Waals surface area contributed by atoms with Gasteiger partial charge >= 0.3 is 5.97 Å². The van der Waals surface area contributed by atoms with Crippen LogP contribution in [0.2, 0.25) is 0 Å². The van der Waals surface area contributed by atoms with Gasteiger partial charge in [0, 0.05) is 50.8 Å². The average molecular weight is 545 g/mol. The summed E-state index contributed by atoms with van der Waals surface area (Å²) < 4.78 is 34.3. The predicted molar refractivity (Wildman–Crippen MR) is 146 cm³/mol. The molecule has 0 aromatic heterocycles. The lowest BCUT2D eigenvalue weighted by molar-refractivity contribution is -0.140. The molecule has 1 amide bonds. The van der Waals surface area contributed by atoms with Gasteiger partial charge in [0.2, 0.25) is 5.91 Å². The van der Waals surface area contributed by atoms with E-state index in [4.69, 9.17) is 16.4 Å². The van der Waals surface area contributed by atoms with Crippen LogP contribution in [-0.2, 0) is 27.3 Å². The third kappa shape index (κ3) is 9.29. The number of hydrogen-bond donors (Lipinski definition) is 2. The average Bonchev–Trinajstić information content (AvgIpc) is 2.88. The molecule has 1 aromatic rings. The highest BCUT2D eigenvalue weighted by molar-refractivity contribution is 5.79. The monoisotopic (exact) mass is 544 g/mol. The summed E-state index contributed by atoms with van der Waals surface area (Å²) in [7, 11) is 0. The maximum atomic E-state index is 14.6.